The van der Waals surface area contributed by atoms with Crippen LogP contribution in [0, 0.1) is 20.8 Å². The lowest BCUT2D eigenvalue weighted by Crippen LogP contribution is -2.41. The second kappa shape index (κ2) is 7.96. The summed E-state index contributed by atoms with van der Waals surface area (Å²) in [6, 6.07) is 7.01. The van der Waals surface area contributed by atoms with E-state index < -0.39 is 22.0 Å². The molecule has 2 N–H and O–H groups in total. The van der Waals surface area contributed by atoms with Gasteiger partial charge in [-0.2, -0.15) is 4.72 Å². The highest BCUT2D eigenvalue weighted by Gasteiger charge is 2.25. The molecule has 0 heterocycles. The van der Waals surface area contributed by atoms with Crippen LogP contribution in [-0.4, -0.2) is 20.4 Å². The van der Waals surface area contributed by atoms with E-state index in [4.69, 9.17) is 23.2 Å². The van der Waals surface area contributed by atoms with Gasteiger partial charge in [0.15, 0.2) is 0 Å². The first-order valence-electron chi connectivity index (χ1n) is 7.87. The van der Waals surface area contributed by atoms with Crippen molar-refractivity contribution in [3.63, 3.8) is 0 Å². The molecular formula is C18H20Cl2N2O3S. The molecule has 0 radical (unpaired) electrons. The van der Waals surface area contributed by atoms with Crippen LogP contribution in [0.2, 0.25) is 10.0 Å². The summed E-state index contributed by atoms with van der Waals surface area (Å²) in [5, 5.41) is 3.04. The molecule has 0 saturated carbocycles. The Morgan fingerprint density at radius 2 is 1.62 bits per heavy atom. The Kier molecular flexibility index (Phi) is 6.34. The van der Waals surface area contributed by atoms with Crippen molar-refractivity contribution in [2.45, 2.75) is 38.6 Å². The summed E-state index contributed by atoms with van der Waals surface area (Å²) in [6.45, 7) is 7.20. The van der Waals surface area contributed by atoms with E-state index in [0.717, 1.165) is 16.7 Å². The van der Waals surface area contributed by atoms with Crippen LogP contribution < -0.4 is 10.0 Å². The number of anilines is 1. The Morgan fingerprint density at radius 1 is 1.04 bits per heavy atom. The molecule has 0 saturated heterocycles. The van der Waals surface area contributed by atoms with E-state index in [9.17, 15) is 13.2 Å². The fourth-order valence-corrected chi connectivity index (χ4v) is 4.61. The number of benzene rings is 2. The second-order valence-electron chi connectivity index (χ2n) is 6.18. The molecule has 0 fully saturated rings. The highest BCUT2D eigenvalue weighted by Crippen LogP contribution is 2.25. The topological polar surface area (TPSA) is 75.3 Å². The third-order valence-corrected chi connectivity index (χ3v) is 6.09. The van der Waals surface area contributed by atoms with E-state index in [0.29, 0.717) is 5.69 Å². The Bertz CT molecular complexity index is 936. The number of hydrogen-bond acceptors (Lipinski definition) is 3. The Balaban J connectivity index is 2.20. The minimum atomic E-state index is -4.00. The lowest BCUT2D eigenvalue weighted by molar-refractivity contribution is -0.117. The molecule has 140 valence electrons. The fourth-order valence-electron chi connectivity index (χ4n) is 2.64. The van der Waals surface area contributed by atoms with Gasteiger partial charge in [-0.1, -0.05) is 40.9 Å². The van der Waals surface area contributed by atoms with Gasteiger partial charge in [0.05, 0.1) is 11.1 Å². The highest BCUT2D eigenvalue weighted by molar-refractivity contribution is 7.89. The Morgan fingerprint density at radius 3 is 2.19 bits per heavy atom. The van der Waals surface area contributed by atoms with E-state index in [2.05, 4.69) is 10.0 Å². The first kappa shape index (κ1) is 20.7. The number of hydrogen-bond donors (Lipinski definition) is 2. The molecule has 0 aromatic heterocycles. The van der Waals surface area contributed by atoms with Gasteiger partial charge >= 0.3 is 0 Å². The average molecular weight is 415 g/mol. The molecular weight excluding hydrogens is 395 g/mol. The van der Waals surface area contributed by atoms with E-state index in [1.807, 2.05) is 32.9 Å². The van der Waals surface area contributed by atoms with Gasteiger partial charge in [0.1, 0.15) is 4.90 Å². The number of aryl methyl sites for hydroxylation is 3. The molecule has 5 nitrogen and oxygen atoms in total. The first-order chi connectivity index (χ1) is 12.0. The molecule has 1 amide bonds. The van der Waals surface area contributed by atoms with Gasteiger partial charge in [-0.15, -0.1) is 0 Å². The number of halogens is 2. The summed E-state index contributed by atoms with van der Waals surface area (Å²) in [5.74, 6) is -0.471. The predicted molar refractivity (Wildman–Crippen MR) is 106 cm³/mol. The minimum Gasteiger partial charge on any atom is -0.324 e. The number of carbonyl (C=O) groups is 1. The Hall–Kier alpha value is -1.60. The van der Waals surface area contributed by atoms with E-state index in [-0.39, 0.29) is 14.9 Å². The summed E-state index contributed by atoms with van der Waals surface area (Å²) in [4.78, 5) is 12.3. The summed E-state index contributed by atoms with van der Waals surface area (Å²) < 4.78 is 27.4. The predicted octanol–water partition coefficient (Wildman–Crippen LogP) is 4.22. The zero-order chi connectivity index (χ0) is 19.6. The van der Waals surface area contributed by atoms with Crippen LogP contribution in [0.4, 0.5) is 5.69 Å². The van der Waals surface area contributed by atoms with Crippen LogP contribution >= 0.6 is 23.2 Å². The number of nitrogens with one attached hydrogen (secondary N) is 2. The lowest BCUT2D eigenvalue weighted by atomic mass is 10.0. The van der Waals surface area contributed by atoms with Crippen LogP contribution in [-0.2, 0) is 14.8 Å². The molecule has 2 aromatic rings. The third kappa shape index (κ3) is 4.76. The minimum absolute atomic E-state index is 0.0275. The number of carbonyl (C=O) groups excluding carboxylic acids is 1. The van der Waals surface area contributed by atoms with Gasteiger partial charge in [-0.05, 0) is 57.0 Å². The maximum absolute atomic E-state index is 12.5. The lowest BCUT2D eigenvalue weighted by Gasteiger charge is -2.18. The molecule has 0 aliphatic carbocycles. The van der Waals surface area contributed by atoms with Crippen molar-refractivity contribution in [2.24, 2.45) is 0 Å². The van der Waals surface area contributed by atoms with Crippen molar-refractivity contribution < 1.29 is 13.2 Å². The van der Waals surface area contributed by atoms with E-state index in [1.165, 1.54) is 25.1 Å². The van der Waals surface area contributed by atoms with Gasteiger partial charge in [0, 0.05) is 10.7 Å². The maximum atomic E-state index is 12.5. The Labute approximate surface area is 163 Å². The largest absolute Gasteiger partial charge is 0.324 e. The monoisotopic (exact) mass is 414 g/mol. The fraction of sp³-hybridized carbons (Fsp3) is 0.278. The van der Waals surface area contributed by atoms with Gasteiger partial charge in [-0.3, -0.25) is 4.79 Å². The van der Waals surface area contributed by atoms with Crippen LogP contribution in [0.25, 0.3) is 0 Å². The molecule has 0 spiro atoms. The number of rotatable bonds is 5. The third-order valence-electron chi connectivity index (χ3n) is 3.83. The molecule has 0 aliphatic heterocycles. The van der Waals surface area contributed by atoms with E-state index in [1.54, 1.807) is 0 Å². The van der Waals surface area contributed by atoms with Crippen molar-refractivity contribution in [3.05, 3.63) is 57.1 Å². The SMILES string of the molecule is Cc1cc(C)c(NC(=O)[C@@H](C)NS(=O)(=O)c2cc(Cl)ccc2Cl)c(C)c1. The van der Waals surface area contributed by atoms with Gasteiger partial charge in [-0.25, -0.2) is 8.42 Å². The van der Waals surface area contributed by atoms with Crippen molar-refractivity contribution >= 4 is 44.8 Å². The summed E-state index contributed by atoms with van der Waals surface area (Å²) in [6.07, 6.45) is 0. The molecule has 0 unspecified atom stereocenters. The average Bonchev–Trinajstić information content (AvgIpc) is 2.52. The molecule has 0 aliphatic rings. The number of amides is 1. The molecule has 2 aromatic carbocycles. The van der Waals surface area contributed by atoms with Gasteiger partial charge in [0.25, 0.3) is 0 Å². The van der Waals surface area contributed by atoms with Gasteiger partial charge < -0.3 is 5.32 Å². The first-order valence-corrected chi connectivity index (χ1v) is 10.1. The van der Waals surface area contributed by atoms with Crippen LogP contribution in [0.1, 0.15) is 23.6 Å². The summed E-state index contributed by atoms with van der Waals surface area (Å²) in [7, 11) is -4.00. The second-order valence-corrected chi connectivity index (χ2v) is 8.71. The zero-order valence-corrected chi connectivity index (χ0v) is 17.2. The van der Waals surface area contributed by atoms with Crippen molar-refractivity contribution in [3.8, 4) is 0 Å². The normalized spacial score (nSPS) is 12.7. The van der Waals surface area contributed by atoms with Crippen molar-refractivity contribution in [1.82, 2.24) is 4.72 Å². The smallest absolute Gasteiger partial charge is 0.242 e. The summed E-state index contributed by atoms with van der Waals surface area (Å²) in [5.41, 5.74) is 3.57. The quantitative estimate of drug-likeness (QED) is 0.768. The molecule has 26 heavy (non-hydrogen) atoms. The van der Waals surface area contributed by atoms with Crippen LogP contribution in [0.15, 0.2) is 35.2 Å². The van der Waals surface area contributed by atoms with Crippen molar-refractivity contribution in [2.75, 3.05) is 5.32 Å². The van der Waals surface area contributed by atoms with Gasteiger partial charge in [0.2, 0.25) is 15.9 Å². The zero-order valence-electron chi connectivity index (χ0n) is 14.9. The standard InChI is InChI=1S/C18H20Cl2N2O3S/c1-10-7-11(2)17(12(3)8-10)21-18(23)13(4)22-26(24,25)16-9-14(19)5-6-15(16)20/h5-9,13,22H,1-4H3,(H,21,23)/t13-/m1/s1. The molecule has 0 bridgehead atoms. The molecule has 8 heteroatoms. The van der Waals surface area contributed by atoms with Crippen LogP contribution in [0.3, 0.4) is 0 Å². The highest BCUT2D eigenvalue weighted by atomic mass is 35.5. The van der Waals surface area contributed by atoms with E-state index >= 15 is 0 Å². The van der Waals surface area contributed by atoms with Crippen molar-refractivity contribution in [1.29, 1.82) is 0 Å². The van der Waals surface area contributed by atoms with Crippen LogP contribution in [0.5, 0.6) is 0 Å². The summed E-state index contributed by atoms with van der Waals surface area (Å²) >= 11 is 11.8. The molecule has 2 rings (SSSR count). The molecule has 1 atom stereocenters. The maximum Gasteiger partial charge on any atom is 0.242 e. The number of sulfonamides is 1.